The summed E-state index contributed by atoms with van der Waals surface area (Å²) in [7, 11) is 0. The van der Waals surface area contributed by atoms with Crippen LogP contribution in [-0.2, 0) is 16.1 Å². The Labute approximate surface area is 177 Å². The molecule has 0 saturated heterocycles. The van der Waals surface area contributed by atoms with Gasteiger partial charge in [0.05, 0.1) is 0 Å². The molecule has 0 aliphatic rings. The van der Waals surface area contributed by atoms with Crippen molar-refractivity contribution >= 4 is 33.5 Å². The zero-order chi connectivity index (χ0) is 21.2. The Morgan fingerprint density at radius 3 is 1.97 bits per heavy atom. The van der Waals surface area contributed by atoms with Gasteiger partial charge in [0.2, 0.25) is 5.91 Å². The van der Waals surface area contributed by atoms with Crippen molar-refractivity contribution < 1.29 is 14.3 Å². The molecule has 0 radical (unpaired) electrons. The Morgan fingerprint density at radius 1 is 0.800 bits per heavy atom. The summed E-state index contributed by atoms with van der Waals surface area (Å²) >= 11 is 0. The number of benzene rings is 3. The van der Waals surface area contributed by atoms with Gasteiger partial charge in [0, 0.05) is 25.1 Å². The number of nitrogens with one attached hydrogen (secondary N) is 2. The largest absolute Gasteiger partial charge is 0.445 e. The number of hydrogen-bond acceptors (Lipinski definition) is 3. The molecule has 3 aromatic rings. The first kappa shape index (κ1) is 21.6. The average Bonchev–Trinajstić information content (AvgIpc) is 2.78. The van der Waals surface area contributed by atoms with Crippen LogP contribution in [0.5, 0.6) is 0 Å². The molecule has 5 heteroatoms. The fraction of sp³-hybridized carbons (Fsp3) is 0.360. The lowest BCUT2D eigenvalue weighted by Crippen LogP contribution is -2.25. The van der Waals surface area contributed by atoms with Crippen molar-refractivity contribution in [2.75, 3.05) is 13.1 Å². The number of carbonyl (C=O) groups is 2. The first-order chi connectivity index (χ1) is 14.7. The zero-order valence-electron chi connectivity index (χ0n) is 17.6. The van der Waals surface area contributed by atoms with Gasteiger partial charge in [-0.1, -0.05) is 68.3 Å². The van der Waals surface area contributed by atoms with Crippen molar-refractivity contribution in [1.82, 2.24) is 10.6 Å². The third-order valence-corrected chi connectivity index (χ3v) is 5.25. The van der Waals surface area contributed by atoms with E-state index in [9.17, 15) is 9.59 Å². The molecule has 0 fully saturated rings. The van der Waals surface area contributed by atoms with Gasteiger partial charge in [-0.25, -0.2) is 4.79 Å². The Balaban J connectivity index is 1.45. The summed E-state index contributed by atoms with van der Waals surface area (Å²) in [5.41, 5.74) is 1.04. The number of hydrogen-bond donors (Lipinski definition) is 2. The van der Waals surface area contributed by atoms with Crippen molar-refractivity contribution in [2.45, 2.75) is 45.6 Å². The van der Waals surface area contributed by atoms with Crippen molar-refractivity contribution in [3.8, 4) is 0 Å². The summed E-state index contributed by atoms with van der Waals surface area (Å²) in [6.07, 6.45) is 4.04. The molecule has 2 amide bonds. The summed E-state index contributed by atoms with van der Waals surface area (Å²) < 4.78 is 5.53. The molecule has 0 aromatic heterocycles. The van der Waals surface area contributed by atoms with Crippen LogP contribution in [0.3, 0.4) is 0 Å². The monoisotopic (exact) mass is 406 g/mol. The van der Waals surface area contributed by atoms with Crippen LogP contribution in [-0.4, -0.2) is 25.1 Å². The van der Waals surface area contributed by atoms with Gasteiger partial charge in [0.1, 0.15) is 6.61 Å². The minimum atomic E-state index is -0.387. The van der Waals surface area contributed by atoms with E-state index in [0.29, 0.717) is 13.0 Å². The van der Waals surface area contributed by atoms with E-state index in [4.69, 9.17) is 4.74 Å². The molecule has 0 bridgehead atoms. The van der Waals surface area contributed by atoms with E-state index in [0.717, 1.165) is 59.3 Å². The summed E-state index contributed by atoms with van der Waals surface area (Å²) in [6.45, 7) is 3.41. The molecule has 0 heterocycles. The molecule has 0 spiro atoms. The standard InChI is InChI=1S/C25H30N2O3/c1-2-24(28)26-15-9-3-4-10-16-27-25(29)30-18-23-21-13-7-5-11-19(21)17-20-12-6-8-14-22(20)23/h5-8,11-14,17H,2-4,9-10,15-16,18H2,1H3,(H,26,28)(H,27,29). The molecular weight excluding hydrogens is 376 g/mol. The maximum Gasteiger partial charge on any atom is 0.407 e. The van der Waals surface area contributed by atoms with Crippen molar-refractivity contribution in [1.29, 1.82) is 0 Å². The SMILES string of the molecule is CCC(=O)NCCCCCCNC(=O)OCc1c2ccccc2cc2ccccc12. The second-order valence-electron chi connectivity index (χ2n) is 7.42. The molecule has 2 N–H and O–H groups in total. The molecule has 0 atom stereocenters. The average molecular weight is 407 g/mol. The van der Waals surface area contributed by atoms with Gasteiger partial charge in [0.25, 0.3) is 0 Å². The lowest BCUT2D eigenvalue weighted by Gasteiger charge is -2.12. The summed E-state index contributed by atoms with van der Waals surface area (Å²) in [6, 6.07) is 18.5. The molecule has 0 aliphatic carbocycles. The highest BCUT2D eigenvalue weighted by Crippen LogP contribution is 2.29. The van der Waals surface area contributed by atoms with Gasteiger partial charge in [-0.15, -0.1) is 0 Å². The molecule has 0 unspecified atom stereocenters. The van der Waals surface area contributed by atoms with Crippen molar-refractivity contribution in [3.05, 3.63) is 60.2 Å². The number of carbonyl (C=O) groups excluding carboxylic acids is 2. The van der Waals surface area contributed by atoms with Gasteiger partial charge >= 0.3 is 6.09 Å². The third kappa shape index (κ3) is 5.96. The number of fused-ring (bicyclic) bond motifs is 2. The van der Waals surface area contributed by atoms with Crippen LogP contribution in [0.1, 0.15) is 44.6 Å². The zero-order valence-corrected chi connectivity index (χ0v) is 17.6. The molecular formula is C25H30N2O3. The topological polar surface area (TPSA) is 67.4 Å². The predicted molar refractivity (Wildman–Crippen MR) is 121 cm³/mol. The Bertz CT molecular complexity index is 946. The van der Waals surface area contributed by atoms with E-state index in [1.807, 2.05) is 31.2 Å². The number of rotatable bonds is 10. The van der Waals surface area contributed by atoms with E-state index < -0.39 is 0 Å². The minimum absolute atomic E-state index is 0.0957. The first-order valence-electron chi connectivity index (χ1n) is 10.8. The highest BCUT2D eigenvalue weighted by molar-refractivity contribution is 6.02. The highest BCUT2D eigenvalue weighted by atomic mass is 16.5. The lowest BCUT2D eigenvalue weighted by atomic mass is 9.97. The number of ether oxygens (including phenoxy) is 1. The van der Waals surface area contributed by atoms with Crippen LogP contribution in [0.15, 0.2) is 54.6 Å². The highest BCUT2D eigenvalue weighted by Gasteiger charge is 2.10. The lowest BCUT2D eigenvalue weighted by molar-refractivity contribution is -0.120. The Morgan fingerprint density at radius 2 is 1.37 bits per heavy atom. The number of unbranched alkanes of at least 4 members (excludes halogenated alkanes) is 3. The van der Waals surface area contributed by atoms with Crippen LogP contribution in [0, 0.1) is 0 Å². The summed E-state index contributed by atoms with van der Waals surface area (Å²) in [4.78, 5) is 23.3. The van der Waals surface area contributed by atoms with Crippen LogP contribution in [0.4, 0.5) is 4.79 Å². The maximum absolute atomic E-state index is 12.2. The van der Waals surface area contributed by atoms with Crippen LogP contribution in [0.2, 0.25) is 0 Å². The van der Waals surface area contributed by atoms with E-state index in [-0.39, 0.29) is 18.6 Å². The number of alkyl carbamates (subject to hydrolysis) is 1. The molecule has 30 heavy (non-hydrogen) atoms. The maximum atomic E-state index is 12.2. The first-order valence-corrected chi connectivity index (χ1v) is 10.8. The minimum Gasteiger partial charge on any atom is -0.445 e. The fourth-order valence-electron chi connectivity index (χ4n) is 3.60. The van der Waals surface area contributed by atoms with E-state index in [1.165, 1.54) is 0 Å². The van der Waals surface area contributed by atoms with Crippen molar-refractivity contribution in [3.63, 3.8) is 0 Å². The van der Waals surface area contributed by atoms with E-state index in [1.54, 1.807) is 0 Å². The summed E-state index contributed by atoms with van der Waals surface area (Å²) in [5, 5.41) is 10.2. The molecule has 3 aromatic carbocycles. The third-order valence-electron chi connectivity index (χ3n) is 5.25. The molecule has 5 nitrogen and oxygen atoms in total. The van der Waals surface area contributed by atoms with Crippen LogP contribution >= 0.6 is 0 Å². The Hall–Kier alpha value is -3.08. The second-order valence-corrected chi connectivity index (χ2v) is 7.42. The van der Waals surface area contributed by atoms with Gasteiger partial charge in [0.15, 0.2) is 0 Å². The van der Waals surface area contributed by atoms with Gasteiger partial charge < -0.3 is 15.4 Å². The van der Waals surface area contributed by atoms with Crippen LogP contribution < -0.4 is 10.6 Å². The predicted octanol–water partition coefficient (Wildman–Crippen LogP) is 5.31. The van der Waals surface area contributed by atoms with Crippen molar-refractivity contribution in [2.24, 2.45) is 0 Å². The van der Waals surface area contributed by atoms with E-state index in [2.05, 4.69) is 41.0 Å². The second kappa shape index (κ2) is 11.2. The quantitative estimate of drug-likeness (QED) is 0.354. The van der Waals surface area contributed by atoms with Crippen LogP contribution in [0.25, 0.3) is 21.5 Å². The fourth-order valence-corrected chi connectivity index (χ4v) is 3.60. The van der Waals surface area contributed by atoms with E-state index >= 15 is 0 Å². The molecule has 158 valence electrons. The molecule has 0 aliphatic heterocycles. The van der Waals surface area contributed by atoms with Gasteiger partial charge in [-0.2, -0.15) is 0 Å². The number of amides is 2. The Kier molecular flexibility index (Phi) is 8.07. The van der Waals surface area contributed by atoms with Gasteiger partial charge in [-0.05, 0) is 40.5 Å². The van der Waals surface area contributed by atoms with Gasteiger partial charge in [-0.3, -0.25) is 4.79 Å². The smallest absolute Gasteiger partial charge is 0.407 e. The summed E-state index contributed by atoms with van der Waals surface area (Å²) in [5.74, 6) is 0.0957. The molecule has 3 rings (SSSR count). The normalized spacial score (nSPS) is 10.8. The molecule has 0 saturated carbocycles.